The Balaban J connectivity index is 3.88. The molecule has 0 amide bonds. The van der Waals surface area contributed by atoms with Crippen molar-refractivity contribution in [2.24, 2.45) is 5.73 Å². The summed E-state index contributed by atoms with van der Waals surface area (Å²) in [6.45, 7) is 3.66. The molecule has 0 saturated carbocycles. The highest BCUT2D eigenvalue weighted by Gasteiger charge is 2.26. The number of carbonyl (C=O) groups excluding carboxylic acids is 2. The molecule has 0 radical (unpaired) electrons. The van der Waals surface area contributed by atoms with Crippen LogP contribution in [0.15, 0.2) is 48.6 Å². The molecular formula is C56H104NO8P. The number of phosphoric ester groups is 1. The van der Waals surface area contributed by atoms with Crippen LogP contribution in [0.25, 0.3) is 0 Å². The minimum absolute atomic E-state index is 0.0551. The molecule has 0 aliphatic heterocycles. The van der Waals surface area contributed by atoms with Gasteiger partial charge in [-0.25, -0.2) is 4.57 Å². The van der Waals surface area contributed by atoms with Crippen molar-refractivity contribution < 1.29 is 37.6 Å². The van der Waals surface area contributed by atoms with Crippen molar-refractivity contribution >= 4 is 19.8 Å². The topological polar surface area (TPSA) is 134 Å². The normalized spacial score (nSPS) is 13.5. The van der Waals surface area contributed by atoms with E-state index < -0.39 is 26.5 Å². The lowest BCUT2D eigenvalue weighted by molar-refractivity contribution is -0.161. The molecule has 2 atom stereocenters. The van der Waals surface area contributed by atoms with E-state index in [1.807, 2.05) is 0 Å². The van der Waals surface area contributed by atoms with E-state index >= 15 is 0 Å². The predicted molar refractivity (Wildman–Crippen MR) is 280 cm³/mol. The predicted octanol–water partition coefficient (Wildman–Crippen LogP) is 17.0. The number of phosphoric acid groups is 1. The summed E-state index contributed by atoms with van der Waals surface area (Å²) in [5.74, 6) is -0.815. The average molecular weight is 950 g/mol. The molecule has 2 unspecified atom stereocenters. The van der Waals surface area contributed by atoms with Gasteiger partial charge < -0.3 is 20.1 Å². The Morgan fingerprint density at radius 2 is 0.833 bits per heavy atom. The van der Waals surface area contributed by atoms with Gasteiger partial charge in [-0.15, -0.1) is 0 Å². The quantitative estimate of drug-likeness (QED) is 0.0264. The molecule has 0 bridgehead atoms. The van der Waals surface area contributed by atoms with E-state index in [9.17, 15) is 19.0 Å². The van der Waals surface area contributed by atoms with E-state index in [4.69, 9.17) is 24.3 Å². The third-order valence-corrected chi connectivity index (χ3v) is 13.0. The maximum absolute atomic E-state index is 12.7. The molecule has 0 rings (SSSR count). The number of rotatable bonds is 52. The summed E-state index contributed by atoms with van der Waals surface area (Å²) < 4.78 is 33.0. The van der Waals surface area contributed by atoms with Gasteiger partial charge in [0.2, 0.25) is 0 Å². The van der Waals surface area contributed by atoms with Crippen LogP contribution in [0.2, 0.25) is 0 Å². The maximum atomic E-state index is 12.7. The van der Waals surface area contributed by atoms with Crippen molar-refractivity contribution in [2.75, 3.05) is 26.4 Å². The van der Waals surface area contributed by atoms with Gasteiger partial charge >= 0.3 is 19.8 Å². The minimum atomic E-state index is -4.38. The molecule has 66 heavy (non-hydrogen) atoms. The molecule has 0 spiro atoms. The van der Waals surface area contributed by atoms with Crippen LogP contribution in [0.4, 0.5) is 0 Å². The first-order chi connectivity index (χ1) is 32.3. The molecule has 0 heterocycles. The van der Waals surface area contributed by atoms with E-state index in [-0.39, 0.29) is 38.6 Å². The second-order valence-electron chi connectivity index (χ2n) is 18.4. The summed E-state index contributed by atoms with van der Waals surface area (Å²) >= 11 is 0. The van der Waals surface area contributed by atoms with E-state index in [1.165, 1.54) is 173 Å². The van der Waals surface area contributed by atoms with Gasteiger partial charge in [-0.2, -0.15) is 0 Å². The Hall–Kier alpha value is -2.03. The molecule has 0 aliphatic rings. The lowest BCUT2D eigenvalue weighted by Crippen LogP contribution is -2.29. The molecule has 0 aromatic carbocycles. The van der Waals surface area contributed by atoms with Crippen LogP contribution in [0.1, 0.15) is 264 Å². The minimum Gasteiger partial charge on any atom is -0.462 e. The average Bonchev–Trinajstić information content (AvgIpc) is 3.31. The van der Waals surface area contributed by atoms with Gasteiger partial charge in [0, 0.05) is 19.4 Å². The fourth-order valence-electron chi connectivity index (χ4n) is 7.92. The maximum Gasteiger partial charge on any atom is 0.472 e. The number of hydrogen-bond acceptors (Lipinski definition) is 8. The molecule has 0 aromatic heterocycles. The van der Waals surface area contributed by atoms with Crippen LogP contribution in [0.5, 0.6) is 0 Å². The zero-order valence-electron chi connectivity index (χ0n) is 42.9. The molecule has 10 heteroatoms. The first kappa shape index (κ1) is 64.0. The Morgan fingerprint density at radius 1 is 0.470 bits per heavy atom. The Morgan fingerprint density at radius 3 is 1.24 bits per heavy atom. The molecule has 0 aromatic rings. The lowest BCUT2D eigenvalue weighted by Gasteiger charge is -2.19. The Kier molecular flexibility index (Phi) is 50.7. The van der Waals surface area contributed by atoms with Crippen molar-refractivity contribution in [3.63, 3.8) is 0 Å². The van der Waals surface area contributed by atoms with Gasteiger partial charge in [0.1, 0.15) is 6.61 Å². The second-order valence-corrected chi connectivity index (χ2v) is 19.9. The standard InChI is InChI=1S/C56H104NO8P/c1-3-5-7-9-11-13-15-17-19-20-21-22-23-24-25-26-27-28-29-30-31-32-33-34-35-37-39-41-43-45-47-49-56(59)65-54(53-64-66(60,61)63-51-50-57)52-62-55(58)48-46-44-42-40-38-36-18-16-14-12-10-8-6-4-2/h5,7,11,13,17,19,21-22,54H,3-4,6,8-10,12,14-16,18,20,23-53,57H2,1-2H3,(H,60,61)/b7-5-,13-11-,19-17-,22-21-. The molecule has 0 aliphatic carbocycles. The number of nitrogens with two attached hydrogens (primary N) is 1. The fourth-order valence-corrected chi connectivity index (χ4v) is 8.69. The zero-order chi connectivity index (χ0) is 48.1. The number of allylic oxidation sites excluding steroid dienone is 8. The summed E-state index contributed by atoms with van der Waals surface area (Å²) in [6.07, 6.45) is 63.1. The van der Waals surface area contributed by atoms with Gasteiger partial charge in [-0.3, -0.25) is 18.6 Å². The third kappa shape index (κ3) is 51.4. The Labute approximate surface area is 407 Å². The van der Waals surface area contributed by atoms with E-state index in [0.29, 0.717) is 6.42 Å². The second kappa shape index (κ2) is 52.3. The molecule has 0 fully saturated rings. The van der Waals surface area contributed by atoms with Crippen LogP contribution in [0, 0.1) is 0 Å². The van der Waals surface area contributed by atoms with E-state index in [0.717, 1.165) is 57.8 Å². The van der Waals surface area contributed by atoms with Crippen LogP contribution < -0.4 is 5.73 Å². The first-order valence-corrected chi connectivity index (χ1v) is 29.1. The van der Waals surface area contributed by atoms with Crippen molar-refractivity contribution in [1.82, 2.24) is 0 Å². The van der Waals surface area contributed by atoms with Crippen molar-refractivity contribution in [3.8, 4) is 0 Å². The van der Waals surface area contributed by atoms with Crippen molar-refractivity contribution in [3.05, 3.63) is 48.6 Å². The van der Waals surface area contributed by atoms with E-state index in [2.05, 4.69) is 62.5 Å². The monoisotopic (exact) mass is 950 g/mol. The van der Waals surface area contributed by atoms with E-state index in [1.54, 1.807) is 0 Å². The Bertz CT molecular complexity index is 1220. The van der Waals surface area contributed by atoms with Crippen LogP contribution in [-0.4, -0.2) is 49.3 Å². The highest BCUT2D eigenvalue weighted by molar-refractivity contribution is 7.47. The summed E-state index contributed by atoms with van der Waals surface area (Å²) in [4.78, 5) is 35.1. The summed E-state index contributed by atoms with van der Waals surface area (Å²) in [6, 6.07) is 0. The molecule has 9 nitrogen and oxygen atoms in total. The molecule has 386 valence electrons. The largest absolute Gasteiger partial charge is 0.472 e. The number of esters is 2. The highest BCUT2D eigenvalue weighted by atomic mass is 31.2. The van der Waals surface area contributed by atoms with Gasteiger partial charge in [0.05, 0.1) is 13.2 Å². The van der Waals surface area contributed by atoms with Crippen molar-refractivity contribution in [1.29, 1.82) is 0 Å². The molecular weight excluding hydrogens is 846 g/mol. The summed E-state index contributed by atoms with van der Waals surface area (Å²) in [7, 11) is -4.38. The van der Waals surface area contributed by atoms with Crippen LogP contribution in [0.3, 0.4) is 0 Å². The number of ether oxygens (including phenoxy) is 2. The smallest absolute Gasteiger partial charge is 0.462 e. The summed E-state index contributed by atoms with van der Waals surface area (Å²) in [5, 5.41) is 0. The molecule has 3 N–H and O–H groups in total. The van der Waals surface area contributed by atoms with Gasteiger partial charge in [-0.1, -0.05) is 249 Å². The number of unbranched alkanes of at least 4 members (excludes halogenated alkanes) is 31. The lowest BCUT2D eigenvalue weighted by atomic mass is 10.0. The van der Waals surface area contributed by atoms with Gasteiger partial charge in [0.15, 0.2) is 6.10 Å². The van der Waals surface area contributed by atoms with Crippen LogP contribution in [-0.2, 0) is 32.7 Å². The highest BCUT2D eigenvalue weighted by Crippen LogP contribution is 2.43. The third-order valence-electron chi connectivity index (χ3n) is 12.0. The fraction of sp³-hybridized carbons (Fsp3) is 0.821. The number of hydrogen-bond donors (Lipinski definition) is 2. The SMILES string of the molecule is CC/C=C\C/C=C\C/C=C\C/C=C\CCCCCCCCCCCCCCCCCCCCC(=O)OC(COC(=O)CCCCCCCCCCCCCCCC)COP(=O)(O)OCCN. The van der Waals surface area contributed by atoms with Gasteiger partial charge in [-0.05, 0) is 51.4 Å². The summed E-state index contributed by atoms with van der Waals surface area (Å²) in [5.41, 5.74) is 5.37. The number of carbonyl (C=O) groups is 2. The van der Waals surface area contributed by atoms with Crippen LogP contribution >= 0.6 is 7.82 Å². The molecule has 0 saturated heterocycles. The zero-order valence-corrected chi connectivity index (χ0v) is 43.8. The van der Waals surface area contributed by atoms with Crippen molar-refractivity contribution in [2.45, 2.75) is 270 Å². The van der Waals surface area contributed by atoms with Gasteiger partial charge in [0.25, 0.3) is 0 Å². The first-order valence-electron chi connectivity index (χ1n) is 27.6.